The Bertz CT molecular complexity index is 3480. The molecule has 20 heteroatoms. The number of thioether (sulfide) groups is 4. The number of rotatable bonds is 8. The smallest absolute Gasteiger partial charge is 0.307 e. The van der Waals surface area contributed by atoms with E-state index in [1.165, 1.54) is 0 Å². The van der Waals surface area contributed by atoms with Gasteiger partial charge in [0.1, 0.15) is 22.6 Å². The van der Waals surface area contributed by atoms with Crippen LogP contribution in [0.5, 0.6) is 0 Å². The molecule has 0 saturated carbocycles. The van der Waals surface area contributed by atoms with Gasteiger partial charge in [0.25, 0.3) is 0 Å². The van der Waals surface area contributed by atoms with Crippen LogP contribution in [-0.2, 0) is 23.0 Å². The summed E-state index contributed by atoms with van der Waals surface area (Å²) >= 11 is 7.18. The van der Waals surface area contributed by atoms with Crippen LogP contribution < -0.4 is 0 Å². The monoisotopic (exact) mass is 1090 g/mol. The van der Waals surface area contributed by atoms with E-state index in [1.54, 1.807) is 47.0 Å². The second kappa shape index (κ2) is 22.6. The van der Waals surface area contributed by atoms with Crippen LogP contribution in [0.1, 0.15) is 22.3 Å². The lowest BCUT2D eigenvalue weighted by molar-refractivity contribution is -0.466. The first kappa shape index (κ1) is 54.3. The Morgan fingerprint density at radius 3 is 0.921 bits per heavy atom. The van der Waals surface area contributed by atoms with Crippen molar-refractivity contribution < 1.29 is 18.3 Å². The topological polar surface area (TPSA) is 134 Å². The molecule has 8 bridgehead atoms. The van der Waals surface area contributed by atoms with Crippen molar-refractivity contribution in [2.75, 3.05) is 113 Å². The number of H-pyrrole nitrogens is 2. The van der Waals surface area contributed by atoms with E-state index in [4.69, 9.17) is 29.9 Å². The Morgan fingerprint density at radius 1 is 0.342 bits per heavy atom. The number of nitrogens with zero attached hydrogens (tertiary/aromatic N) is 14. The summed E-state index contributed by atoms with van der Waals surface area (Å²) in [5, 5.41) is 8.44. The minimum atomic E-state index is 0.547. The van der Waals surface area contributed by atoms with Crippen molar-refractivity contribution in [3.63, 3.8) is 0 Å². The zero-order valence-corrected chi connectivity index (χ0v) is 49.9. The number of fused-ring (bicyclic) bond motifs is 20. The molecular weight excluding hydrogens is 1020 g/mol. The first-order chi connectivity index (χ1) is 36.2. The maximum absolute atomic E-state index is 5.46. The molecule has 7 aromatic rings. The lowest BCUT2D eigenvalue weighted by atomic mass is 10.0. The maximum atomic E-state index is 5.46. The second-order valence-electron chi connectivity index (χ2n) is 20.6. The third-order valence-corrected chi connectivity index (χ3v) is 18.5. The van der Waals surface area contributed by atoms with Gasteiger partial charge in [0, 0.05) is 66.8 Å². The van der Waals surface area contributed by atoms with E-state index in [1.807, 2.05) is 0 Å². The summed E-state index contributed by atoms with van der Waals surface area (Å²) in [7, 11) is 33.3. The third-order valence-electron chi connectivity index (χ3n) is 12.6. The van der Waals surface area contributed by atoms with Crippen LogP contribution in [0.15, 0.2) is 72.8 Å². The summed E-state index contributed by atoms with van der Waals surface area (Å²) in [6.45, 7) is 0. The zero-order chi connectivity index (χ0) is 54.3. The predicted octanol–water partition coefficient (Wildman–Crippen LogP) is 8.56. The summed E-state index contributed by atoms with van der Waals surface area (Å²) in [6.07, 6.45) is 0. The molecule has 2 N–H and O–H groups in total. The summed E-state index contributed by atoms with van der Waals surface area (Å²) < 4.78 is 8.61. The number of aromatic amines is 2. The molecule has 3 aromatic heterocycles. The maximum Gasteiger partial charge on any atom is 0.307 e. The third kappa shape index (κ3) is 11.5. The van der Waals surface area contributed by atoms with Crippen LogP contribution in [0.3, 0.4) is 0 Å². The van der Waals surface area contributed by atoms with Crippen LogP contribution in [-0.4, -0.2) is 211 Å². The van der Waals surface area contributed by atoms with E-state index in [0.29, 0.717) is 45.9 Å². The van der Waals surface area contributed by atoms with Gasteiger partial charge in [0.15, 0.2) is 23.3 Å². The van der Waals surface area contributed by atoms with Crippen LogP contribution in [0, 0.1) is 0 Å². The van der Waals surface area contributed by atoms with Crippen LogP contribution >= 0.6 is 47.0 Å². The van der Waals surface area contributed by atoms with E-state index < -0.39 is 0 Å². The van der Waals surface area contributed by atoms with Gasteiger partial charge in [0.2, 0.25) is 0 Å². The first-order valence-corrected chi connectivity index (χ1v) is 28.9. The number of amidine groups is 4. The van der Waals surface area contributed by atoms with Gasteiger partial charge < -0.3 is 9.97 Å². The number of hydrogen-bond donors (Lipinski definition) is 2. The molecule has 0 atom stereocenters. The molecular formula is C56H70N16S4+4. The Kier molecular flexibility index (Phi) is 16.2. The van der Waals surface area contributed by atoms with Gasteiger partial charge in [-0.15, -0.1) is 0 Å². The molecule has 0 aliphatic carbocycles. The highest BCUT2D eigenvalue weighted by atomic mass is 32.2. The Hall–Kier alpha value is -6.48. The molecule has 2 aliphatic heterocycles. The minimum Gasteiger partial charge on any atom is -0.324 e. The average Bonchev–Trinajstić information content (AvgIpc) is 4.09. The summed E-state index contributed by atoms with van der Waals surface area (Å²) in [6, 6.07) is 26.3. The first-order valence-electron chi connectivity index (χ1n) is 25.0. The molecule has 5 heterocycles. The Balaban J connectivity index is 1.31. The van der Waals surface area contributed by atoms with Gasteiger partial charge in [-0.1, -0.05) is 48.5 Å². The largest absolute Gasteiger partial charge is 0.324 e. The summed E-state index contributed by atoms with van der Waals surface area (Å²) in [5.74, 6) is 5.28. The van der Waals surface area contributed by atoms with Crippen molar-refractivity contribution in [2.24, 2.45) is 0 Å². The van der Waals surface area contributed by atoms with Gasteiger partial charge in [-0.3, -0.25) is 37.9 Å². The number of benzene rings is 4. The SMILES string of the molecule is CN(C)C(SCc1ccc2c(c1)-c1nc-2nc2nc(nc3[nH]c(nc4[nH]c(n1)c1cc(CSC(N(C)C)=[N+](C)C)ccc41)c1ccc(CSC(N(C)C)=[N+](C)C)cc31)-c1cc(CSC(N(C)C)=[N+](C)C)ccc1-2)=[N+](C)C. The molecule has 16 nitrogen and oxygen atoms in total. The van der Waals surface area contributed by atoms with Crippen molar-refractivity contribution in [1.82, 2.24) is 59.5 Å². The fourth-order valence-corrected chi connectivity index (χ4v) is 13.5. The molecule has 0 spiro atoms. The van der Waals surface area contributed by atoms with Crippen molar-refractivity contribution in [2.45, 2.75) is 23.0 Å². The molecule has 394 valence electrons. The normalized spacial score (nSPS) is 11.6. The standard InChI is InChI=1S/C56H70N16S4/c1-65(2)53(66(3)4)73-29-33-17-21-37-41(25-33)49-59-45(37)57-46-39-23-19-35(31-75-55(69(9)10)70(11)12)27-43(39)51(61-46)64-52-44-28-36(32-76-56(71(13)14)72(15)16)20-24-40(44)48(62-52)58-47-38-22-18-34(26-42(38)50(60-47)63-49)30-74-54(67(5)6)68(7)8/h17-28H,29-32H2,1-16H3,(H2,57,58,59,60,61,62,63,64)/q+4. The molecule has 4 aromatic carbocycles. The Labute approximate surface area is 463 Å². The average molecular weight is 1100 g/mol. The highest BCUT2D eigenvalue weighted by Gasteiger charge is 2.26. The lowest BCUT2D eigenvalue weighted by Crippen LogP contribution is -2.26. The van der Waals surface area contributed by atoms with E-state index in [9.17, 15) is 0 Å². The van der Waals surface area contributed by atoms with Gasteiger partial charge in [-0.05, 0) is 93.6 Å². The van der Waals surface area contributed by atoms with Crippen LogP contribution in [0.25, 0.3) is 89.7 Å². The van der Waals surface area contributed by atoms with E-state index in [0.717, 1.165) is 110 Å². The molecule has 0 radical (unpaired) electrons. The van der Waals surface area contributed by atoms with Crippen molar-refractivity contribution >= 4 is 112 Å². The number of aromatic nitrogens is 8. The number of nitrogens with one attached hydrogen (secondary N) is 2. The highest BCUT2D eigenvalue weighted by Crippen LogP contribution is 2.40. The molecule has 9 rings (SSSR count). The summed E-state index contributed by atoms with van der Waals surface area (Å²) in [4.78, 5) is 48.3. The fourth-order valence-electron chi connectivity index (χ4n) is 9.57. The van der Waals surface area contributed by atoms with Gasteiger partial charge in [-0.25, -0.2) is 29.9 Å². The zero-order valence-electron chi connectivity index (χ0n) is 46.7. The van der Waals surface area contributed by atoms with Crippen molar-refractivity contribution in [3.05, 3.63) is 95.1 Å². The molecule has 76 heavy (non-hydrogen) atoms. The van der Waals surface area contributed by atoms with Gasteiger partial charge >= 0.3 is 20.7 Å². The van der Waals surface area contributed by atoms with Crippen molar-refractivity contribution in [3.8, 4) is 45.6 Å². The molecule has 0 amide bonds. The molecule has 0 unspecified atom stereocenters. The molecule has 0 saturated heterocycles. The minimum absolute atomic E-state index is 0.547. The predicted molar refractivity (Wildman–Crippen MR) is 324 cm³/mol. The molecule has 2 aliphatic rings. The quantitative estimate of drug-likeness (QED) is 0.0855. The van der Waals surface area contributed by atoms with E-state index >= 15 is 0 Å². The lowest BCUT2D eigenvalue weighted by Gasteiger charge is -2.11. The second-order valence-corrected chi connectivity index (χ2v) is 24.3. The van der Waals surface area contributed by atoms with E-state index in [2.05, 4.69) is 233 Å². The van der Waals surface area contributed by atoms with E-state index in [-0.39, 0.29) is 0 Å². The number of hydrogen-bond acceptors (Lipinski definition) is 10. The van der Waals surface area contributed by atoms with Crippen molar-refractivity contribution in [1.29, 1.82) is 0 Å². The van der Waals surface area contributed by atoms with Crippen LogP contribution in [0.2, 0.25) is 0 Å². The van der Waals surface area contributed by atoms with Gasteiger partial charge in [-0.2, -0.15) is 0 Å². The van der Waals surface area contributed by atoms with Gasteiger partial charge in [0.05, 0.1) is 113 Å². The Morgan fingerprint density at radius 2 is 0.618 bits per heavy atom. The summed E-state index contributed by atoms with van der Waals surface area (Å²) in [5.41, 5.74) is 10.9. The van der Waals surface area contributed by atoms with Crippen LogP contribution in [0.4, 0.5) is 0 Å². The molecule has 0 fully saturated rings. The fraction of sp³-hybridized carbons (Fsp3) is 0.357. The highest BCUT2D eigenvalue weighted by molar-refractivity contribution is 8.13.